The molecule has 1 heterocycles. The molecule has 2 aliphatic rings. The lowest BCUT2D eigenvalue weighted by atomic mass is 10.0. The van der Waals surface area contributed by atoms with Crippen molar-refractivity contribution in [2.75, 3.05) is 10.5 Å². The Balaban J connectivity index is 1.65. The van der Waals surface area contributed by atoms with Crippen molar-refractivity contribution in [3.05, 3.63) is 47.4 Å². The van der Waals surface area contributed by atoms with Crippen LogP contribution in [0.2, 0.25) is 0 Å². The van der Waals surface area contributed by atoms with Gasteiger partial charge < -0.3 is 0 Å². The van der Waals surface area contributed by atoms with Gasteiger partial charge in [0.05, 0.1) is 23.6 Å². The van der Waals surface area contributed by atoms with Crippen molar-refractivity contribution < 1.29 is 13.2 Å². The van der Waals surface area contributed by atoms with Crippen LogP contribution >= 0.6 is 0 Å². The molecule has 1 saturated carbocycles. The Bertz CT molecular complexity index is 1020. The second kappa shape index (κ2) is 6.88. The Kier molecular flexibility index (Phi) is 4.55. The van der Waals surface area contributed by atoms with Crippen LogP contribution in [-0.4, -0.2) is 29.9 Å². The first kappa shape index (κ1) is 17.9. The molecule has 1 N–H and O–H groups in total. The van der Waals surface area contributed by atoms with E-state index < -0.39 is 10.0 Å². The Morgan fingerprint density at radius 3 is 2.59 bits per heavy atom. The van der Waals surface area contributed by atoms with E-state index in [-0.39, 0.29) is 23.9 Å². The minimum Gasteiger partial charge on any atom is -0.299 e. The summed E-state index contributed by atoms with van der Waals surface area (Å²) in [4.78, 5) is 21.4. The molecule has 7 heteroatoms. The Morgan fingerprint density at radius 2 is 1.93 bits per heavy atom. The van der Waals surface area contributed by atoms with Gasteiger partial charge in [0.25, 0.3) is 0 Å². The molecular weight excluding hydrogens is 362 g/mol. The molecule has 1 aromatic carbocycles. The number of rotatable bonds is 7. The number of carbonyl (C=O) groups is 1. The summed E-state index contributed by atoms with van der Waals surface area (Å²) >= 11 is 0. The normalized spacial score (nSPS) is 15.6. The van der Waals surface area contributed by atoms with Gasteiger partial charge in [-0.05, 0) is 31.9 Å². The number of aromatic nitrogens is 2. The molecule has 2 aromatic rings. The van der Waals surface area contributed by atoms with Crippen molar-refractivity contribution in [2.24, 2.45) is 5.92 Å². The van der Waals surface area contributed by atoms with Gasteiger partial charge in [0.1, 0.15) is 11.6 Å². The van der Waals surface area contributed by atoms with E-state index in [4.69, 9.17) is 0 Å². The van der Waals surface area contributed by atoms with Crippen molar-refractivity contribution in [1.82, 2.24) is 9.97 Å². The second-order valence-corrected chi connectivity index (χ2v) is 8.97. The van der Waals surface area contributed by atoms with Crippen molar-refractivity contribution in [3.63, 3.8) is 0 Å². The monoisotopic (exact) mass is 383 g/mol. The molecule has 4 rings (SSSR count). The molecule has 0 amide bonds. The minimum atomic E-state index is -3.31. The molecule has 0 spiro atoms. The molecule has 0 unspecified atom stereocenters. The first-order valence-electron chi connectivity index (χ1n) is 9.15. The fourth-order valence-electron chi connectivity index (χ4n) is 3.14. The van der Waals surface area contributed by atoms with Crippen LogP contribution in [0.3, 0.4) is 0 Å². The zero-order chi connectivity index (χ0) is 19.0. The Hall–Kier alpha value is -2.54. The third-order valence-corrected chi connectivity index (χ3v) is 6.15. The number of allylic oxidation sites excluding steroid dienone is 1. The van der Waals surface area contributed by atoms with Gasteiger partial charge in [0, 0.05) is 29.2 Å². The highest BCUT2D eigenvalue weighted by molar-refractivity contribution is 7.92. The molecule has 27 heavy (non-hydrogen) atoms. The third kappa shape index (κ3) is 3.93. The quantitative estimate of drug-likeness (QED) is 0.794. The van der Waals surface area contributed by atoms with Crippen LogP contribution in [0, 0.1) is 5.92 Å². The number of carbonyl (C=O) groups excluding carboxylic acids is 1. The van der Waals surface area contributed by atoms with Crippen molar-refractivity contribution in [1.29, 1.82) is 0 Å². The highest BCUT2D eigenvalue weighted by Gasteiger charge is 2.30. The summed E-state index contributed by atoms with van der Waals surface area (Å²) in [5, 5.41) is 0. The number of hydrogen-bond acceptors (Lipinski definition) is 5. The van der Waals surface area contributed by atoms with E-state index in [9.17, 15) is 13.2 Å². The summed E-state index contributed by atoms with van der Waals surface area (Å²) in [5.74, 6) is 1.00. The van der Waals surface area contributed by atoms with E-state index in [0.717, 1.165) is 41.8 Å². The lowest BCUT2D eigenvalue weighted by Crippen LogP contribution is -2.14. The highest BCUT2D eigenvalue weighted by Crippen LogP contribution is 2.32. The average molecular weight is 383 g/mol. The van der Waals surface area contributed by atoms with E-state index >= 15 is 0 Å². The van der Waals surface area contributed by atoms with Crippen LogP contribution in [-0.2, 0) is 27.7 Å². The number of nitrogens with zero attached hydrogens (tertiary/aromatic N) is 2. The highest BCUT2D eigenvalue weighted by atomic mass is 32.2. The van der Waals surface area contributed by atoms with Crippen LogP contribution < -0.4 is 4.72 Å². The summed E-state index contributed by atoms with van der Waals surface area (Å²) < 4.78 is 26.0. The maximum absolute atomic E-state index is 12.2. The van der Waals surface area contributed by atoms with Crippen LogP contribution in [0.25, 0.3) is 17.3 Å². The van der Waals surface area contributed by atoms with Crippen molar-refractivity contribution >= 4 is 27.6 Å². The molecule has 1 fully saturated rings. The maximum Gasteiger partial charge on any atom is 0.232 e. The summed E-state index contributed by atoms with van der Waals surface area (Å²) in [7, 11) is -3.31. The van der Waals surface area contributed by atoms with Gasteiger partial charge in [-0.3, -0.25) is 9.52 Å². The molecule has 6 nitrogen and oxygen atoms in total. The van der Waals surface area contributed by atoms with Gasteiger partial charge in [0.15, 0.2) is 0 Å². The Labute approximate surface area is 158 Å². The van der Waals surface area contributed by atoms with Gasteiger partial charge in [0.2, 0.25) is 10.0 Å². The molecule has 0 aliphatic heterocycles. The maximum atomic E-state index is 12.2. The fourth-order valence-corrected chi connectivity index (χ4v) is 3.78. The van der Waals surface area contributed by atoms with Crippen molar-refractivity contribution in [3.8, 4) is 11.3 Å². The molecule has 140 valence electrons. The van der Waals surface area contributed by atoms with Crippen LogP contribution in [0.15, 0.2) is 30.3 Å². The summed E-state index contributed by atoms with van der Waals surface area (Å²) in [5.41, 5.74) is 4.09. The third-order valence-electron chi connectivity index (χ3n) is 4.84. The largest absolute Gasteiger partial charge is 0.299 e. The molecule has 0 bridgehead atoms. The van der Waals surface area contributed by atoms with E-state index in [1.54, 1.807) is 19.1 Å². The zero-order valence-corrected chi connectivity index (χ0v) is 15.9. The average Bonchev–Trinajstić information content (AvgIpc) is 3.40. The topological polar surface area (TPSA) is 89.0 Å². The van der Waals surface area contributed by atoms with Crippen LogP contribution in [0.4, 0.5) is 5.69 Å². The first-order chi connectivity index (χ1) is 12.9. The van der Waals surface area contributed by atoms with E-state index in [0.29, 0.717) is 11.5 Å². The number of fused-ring (bicyclic) bond motifs is 1. The molecule has 0 atom stereocenters. The number of ketones is 1. The Morgan fingerprint density at radius 1 is 1.19 bits per heavy atom. The number of anilines is 1. The molecule has 2 aliphatic carbocycles. The SMILES string of the molecule is CCS(=O)(=O)Nc1ccc(-c2nc(CC(=O)C3CC3)nc3c2C=CC3)cc1. The van der Waals surface area contributed by atoms with Gasteiger partial charge in [-0.1, -0.05) is 24.3 Å². The lowest BCUT2D eigenvalue weighted by Gasteiger charge is -2.11. The fraction of sp³-hybridized carbons (Fsp3) is 0.350. The molecule has 0 saturated heterocycles. The van der Waals surface area contributed by atoms with E-state index in [1.807, 2.05) is 24.3 Å². The molecular formula is C20H21N3O3S. The number of benzene rings is 1. The minimum absolute atomic E-state index is 0.0251. The number of hydrogen-bond donors (Lipinski definition) is 1. The molecule has 1 aromatic heterocycles. The van der Waals surface area contributed by atoms with Gasteiger partial charge >= 0.3 is 0 Å². The van der Waals surface area contributed by atoms with Crippen molar-refractivity contribution in [2.45, 2.75) is 32.6 Å². The summed E-state index contributed by atoms with van der Waals surface area (Å²) in [6.45, 7) is 1.59. The van der Waals surface area contributed by atoms with Gasteiger partial charge in [-0.25, -0.2) is 18.4 Å². The smallest absolute Gasteiger partial charge is 0.232 e. The van der Waals surface area contributed by atoms with E-state index in [2.05, 4.69) is 14.7 Å². The zero-order valence-electron chi connectivity index (χ0n) is 15.1. The predicted molar refractivity (Wildman–Crippen MR) is 105 cm³/mol. The first-order valence-corrected chi connectivity index (χ1v) is 10.8. The van der Waals surface area contributed by atoms with Gasteiger partial charge in [-0.2, -0.15) is 0 Å². The van der Waals surface area contributed by atoms with Gasteiger partial charge in [-0.15, -0.1) is 0 Å². The lowest BCUT2D eigenvalue weighted by molar-refractivity contribution is -0.119. The standard InChI is InChI=1S/C20H21N3O3S/c1-2-27(25,26)23-15-10-8-14(9-11-15)20-16-4-3-5-17(16)21-19(22-20)12-18(24)13-6-7-13/h3-4,8-11,13,23H,2,5-7,12H2,1H3. The summed E-state index contributed by atoms with van der Waals surface area (Å²) in [6.07, 6.45) is 7.02. The number of nitrogens with one attached hydrogen (secondary N) is 1. The number of Topliss-reactive ketones (excluding diaryl/α,β-unsaturated/α-hetero) is 1. The summed E-state index contributed by atoms with van der Waals surface area (Å²) in [6, 6.07) is 7.14. The second-order valence-electron chi connectivity index (χ2n) is 6.96. The predicted octanol–water partition coefficient (Wildman–Crippen LogP) is 3.00. The van der Waals surface area contributed by atoms with Crippen LogP contribution in [0.5, 0.6) is 0 Å². The van der Waals surface area contributed by atoms with Crippen LogP contribution in [0.1, 0.15) is 36.8 Å². The molecule has 0 radical (unpaired) electrons. The van der Waals surface area contributed by atoms with E-state index in [1.165, 1.54) is 0 Å². The number of sulfonamides is 1.